The second-order valence-corrected chi connectivity index (χ2v) is 20.8. The fourth-order valence-corrected chi connectivity index (χ4v) is 12.8. The first-order valence-corrected chi connectivity index (χ1v) is 23.7. The van der Waals surface area contributed by atoms with E-state index in [1.54, 1.807) is 35.2 Å². The number of hydrogen-bond acceptors (Lipinski definition) is 14. The van der Waals surface area contributed by atoms with Gasteiger partial charge in [0.25, 0.3) is 0 Å². The third-order valence-corrected chi connectivity index (χ3v) is 17.0. The highest BCUT2D eigenvalue weighted by atomic mass is 16.7. The van der Waals surface area contributed by atoms with Crippen LogP contribution in [0.3, 0.4) is 0 Å². The molecule has 7 fully saturated rings. The van der Waals surface area contributed by atoms with Gasteiger partial charge in [-0.25, -0.2) is 0 Å². The average molecular weight is 885 g/mol. The molecule has 358 valence electrons. The third kappa shape index (κ3) is 8.69. The minimum Gasteiger partial charge on any atom is -0.481 e. The zero-order valence-corrected chi connectivity index (χ0v) is 39.7. The van der Waals surface area contributed by atoms with Gasteiger partial charge in [0.1, 0.15) is 11.5 Å². The first-order chi connectivity index (χ1) is 29.1. The summed E-state index contributed by atoms with van der Waals surface area (Å²) < 4.78 is 72.1. The summed E-state index contributed by atoms with van der Waals surface area (Å²) in [5.74, 6) is -7.83. The maximum Gasteiger partial charge on any atom is 0.311 e. The second-order valence-electron chi connectivity index (χ2n) is 20.8. The molecule has 15 nitrogen and oxygen atoms in total. The highest BCUT2D eigenvalue weighted by Crippen LogP contribution is 2.57. The predicted octanol–water partition coefficient (Wildman–Crippen LogP) is 5.82. The van der Waals surface area contributed by atoms with Crippen LogP contribution in [-0.2, 0) is 56.9 Å². The van der Waals surface area contributed by atoms with Crippen molar-refractivity contribution in [2.45, 2.75) is 230 Å². The molecule has 24 atom stereocenters. The van der Waals surface area contributed by atoms with Crippen molar-refractivity contribution in [3.63, 3.8) is 0 Å². The van der Waals surface area contributed by atoms with Crippen molar-refractivity contribution in [2.75, 3.05) is 21.3 Å². The summed E-state index contributed by atoms with van der Waals surface area (Å²) in [5.41, 5.74) is -0.885. The van der Waals surface area contributed by atoms with Crippen molar-refractivity contribution >= 4 is 5.97 Å². The van der Waals surface area contributed by atoms with Gasteiger partial charge in [0.15, 0.2) is 23.7 Å². The molecule has 7 rings (SSSR count). The standard InChI is InChI=1S/C47H80O15/c1-23-20-24(2)45(10,50)61-40(23)35-15-14-33(56-35)34-16-18-38(57-34)44(9)42(54-13)28(6)47(62-44)26(4)37(53-12)22-31(59-47)21-36-25(3)41(27(5)46(51,60-36)29(7)43(48)49)58-39-19-17-32(52-11)30(8)55-39/h23-42,50-51H,14-22H2,1-13H3,(H,48,49). The maximum absolute atomic E-state index is 12.5. The van der Waals surface area contributed by atoms with Crippen LogP contribution >= 0.6 is 0 Å². The van der Waals surface area contributed by atoms with Crippen molar-refractivity contribution in [3.8, 4) is 0 Å². The quantitative estimate of drug-likeness (QED) is 0.213. The van der Waals surface area contributed by atoms with Gasteiger partial charge in [-0.2, -0.15) is 0 Å². The van der Waals surface area contributed by atoms with E-state index in [1.165, 1.54) is 6.92 Å². The van der Waals surface area contributed by atoms with E-state index in [0.29, 0.717) is 19.3 Å². The summed E-state index contributed by atoms with van der Waals surface area (Å²) in [5, 5.41) is 33.4. The molecule has 15 heteroatoms. The molecular weight excluding hydrogens is 805 g/mol. The van der Waals surface area contributed by atoms with E-state index < -0.39 is 65.4 Å². The molecule has 0 aromatic carbocycles. The summed E-state index contributed by atoms with van der Waals surface area (Å²) >= 11 is 0. The fraction of sp³-hybridized carbons (Fsp3) is 0.979. The van der Waals surface area contributed by atoms with Crippen LogP contribution in [-0.4, -0.2) is 145 Å². The Balaban J connectivity index is 1.08. The molecule has 0 amide bonds. The second kappa shape index (κ2) is 18.6. The molecule has 1 spiro atoms. The SMILES string of the molecule is COC1CCC(OC2C(C)C(CC3CC(OC)C(C)C4(O3)OC(C)(C3CCC(C5CCC(C6OC(C)(O)C(C)CC6C)O5)O3)C(OC)C4C)OC(O)(C(C)C(=O)O)C2C)OC1C. The largest absolute Gasteiger partial charge is 0.481 e. The fourth-order valence-electron chi connectivity index (χ4n) is 12.8. The summed E-state index contributed by atoms with van der Waals surface area (Å²) in [7, 11) is 5.10. The van der Waals surface area contributed by atoms with Gasteiger partial charge in [-0.1, -0.05) is 41.5 Å². The Bertz CT molecular complexity index is 1530. The molecular formula is C47H80O15. The van der Waals surface area contributed by atoms with Gasteiger partial charge in [0, 0.05) is 70.2 Å². The molecule has 0 saturated carbocycles. The van der Waals surface area contributed by atoms with Gasteiger partial charge in [0.2, 0.25) is 0 Å². The van der Waals surface area contributed by atoms with Gasteiger partial charge in [0.05, 0.1) is 73.2 Å². The van der Waals surface area contributed by atoms with Crippen molar-refractivity contribution < 1.29 is 72.2 Å². The number of carboxylic acid groups (broad SMARTS) is 1. The zero-order valence-electron chi connectivity index (χ0n) is 39.7. The Labute approximate surface area is 369 Å². The predicted molar refractivity (Wildman–Crippen MR) is 225 cm³/mol. The van der Waals surface area contributed by atoms with Crippen LogP contribution in [0.2, 0.25) is 0 Å². The number of ether oxygens (including phenoxy) is 11. The van der Waals surface area contributed by atoms with Gasteiger partial charge in [-0.05, 0) is 72.1 Å². The highest BCUT2D eigenvalue weighted by Gasteiger charge is 2.69. The molecule has 3 N–H and O–H groups in total. The van der Waals surface area contributed by atoms with Gasteiger partial charge < -0.3 is 67.4 Å². The third-order valence-electron chi connectivity index (χ3n) is 17.0. The minimum atomic E-state index is -2.03. The van der Waals surface area contributed by atoms with Crippen LogP contribution in [0.25, 0.3) is 0 Å². The Morgan fingerprint density at radius 3 is 2.05 bits per heavy atom. The van der Waals surface area contributed by atoms with E-state index in [9.17, 15) is 20.1 Å². The van der Waals surface area contributed by atoms with Crippen molar-refractivity contribution in [2.24, 2.45) is 41.4 Å². The van der Waals surface area contributed by atoms with Crippen LogP contribution < -0.4 is 0 Å². The number of hydrogen-bond donors (Lipinski definition) is 3. The van der Waals surface area contributed by atoms with E-state index in [1.807, 2.05) is 20.8 Å². The first-order valence-electron chi connectivity index (χ1n) is 23.7. The molecule has 0 radical (unpaired) electrons. The lowest BCUT2D eigenvalue weighted by atomic mass is 9.74. The van der Waals surface area contributed by atoms with Crippen molar-refractivity contribution in [3.05, 3.63) is 0 Å². The Morgan fingerprint density at radius 1 is 0.742 bits per heavy atom. The molecule has 7 saturated heterocycles. The lowest BCUT2D eigenvalue weighted by molar-refractivity contribution is -0.372. The summed E-state index contributed by atoms with van der Waals surface area (Å²) in [6.07, 6.45) is 2.43. The van der Waals surface area contributed by atoms with Crippen LogP contribution in [0.5, 0.6) is 0 Å². The molecule has 0 aromatic rings. The van der Waals surface area contributed by atoms with Crippen molar-refractivity contribution in [1.29, 1.82) is 0 Å². The number of rotatable bonds is 12. The Hall–Kier alpha value is -1.05. The smallest absolute Gasteiger partial charge is 0.311 e. The van der Waals surface area contributed by atoms with E-state index in [-0.39, 0.29) is 84.5 Å². The van der Waals surface area contributed by atoms with Crippen LogP contribution in [0.1, 0.15) is 127 Å². The molecule has 0 aliphatic carbocycles. The van der Waals surface area contributed by atoms with E-state index in [0.717, 1.165) is 38.5 Å². The maximum atomic E-state index is 12.5. The Kier molecular flexibility index (Phi) is 14.6. The van der Waals surface area contributed by atoms with E-state index in [4.69, 9.17) is 52.1 Å². The topological polar surface area (TPSA) is 179 Å². The number of methoxy groups -OCH3 is 3. The average Bonchev–Trinajstić information content (AvgIpc) is 3.96. The number of aliphatic carboxylic acids is 1. The normalized spacial score (nSPS) is 54.2. The van der Waals surface area contributed by atoms with Gasteiger partial charge in [-0.15, -0.1) is 0 Å². The molecule has 24 unspecified atom stereocenters. The highest BCUT2D eigenvalue weighted by molar-refractivity contribution is 5.70. The van der Waals surface area contributed by atoms with Crippen LogP contribution in [0.15, 0.2) is 0 Å². The number of carbonyl (C=O) groups is 1. The molecule has 7 aliphatic heterocycles. The molecule has 7 heterocycles. The molecule has 62 heavy (non-hydrogen) atoms. The molecule has 0 bridgehead atoms. The van der Waals surface area contributed by atoms with E-state index in [2.05, 4.69) is 27.7 Å². The van der Waals surface area contributed by atoms with Gasteiger partial charge in [-0.3, -0.25) is 4.79 Å². The summed E-state index contributed by atoms with van der Waals surface area (Å²) in [4.78, 5) is 12.5. The number of aliphatic hydroxyl groups is 2. The molecule has 7 aliphatic rings. The number of carboxylic acids is 1. The first kappa shape index (κ1) is 48.9. The van der Waals surface area contributed by atoms with Gasteiger partial charge >= 0.3 is 5.97 Å². The minimum absolute atomic E-state index is 0.0467. The Morgan fingerprint density at radius 2 is 1.40 bits per heavy atom. The zero-order chi connectivity index (χ0) is 45.3. The summed E-state index contributed by atoms with van der Waals surface area (Å²) in [6.45, 7) is 19.5. The van der Waals surface area contributed by atoms with Crippen LogP contribution in [0, 0.1) is 41.4 Å². The lowest BCUT2D eigenvalue weighted by Gasteiger charge is -2.54. The lowest BCUT2D eigenvalue weighted by Crippen LogP contribution is -2.64. The van der Waals surface area contributed by atoms with E-state index >= 15 is 0 Å². The monoisotopic (exact) mass is 885 g/mol. The molecule has 0 aromatic heterocycles. The summed E-state index contributed by atoms with van der Waals surface area (Å²) in [6, 6.07) is 0. The van der Waals surface area contributed by atoms with Crippen molar-refractivity contribution in [1.82, 2.24) is 0 Å². The van der Waals surface area contributed by atoms with Crippen LogP contribution in [0.4, 0.5) is 0 Å².